The summed E-state index contributed by atoms with van der Waals surface area (Å²) in [6, 6.07) is 9.52. The van der Waals surface area contributed by atoms with Gasteiger partial charge in [-0.15, -0.1) is 0 Å². The molecule has 132 valence electrons. The first kappa shape index (κ1) is 20.4. The van der Waals surface area contributed by atoms with E-state index >= 15 is 0 Å². The molecule has 0 saturated heterocycles. The smallest absolute Gasteiger partial charge is 0.0905 e. The van der Waals surface area contributed by atoms with Crippen LogP contribution in [0.5, 0.6) is 0 Å². The molecule has 1 rings (SSSR count). The number of rotatable bonds is 14. The lowest BCUT2D eigenvalue weighted by molar-refractivity contribution is 0.203. The summed E-state index contributed by atoms with van der Waals surface area (Å²) >= 11 is 0. The molecule has 0 aromatic heterocycles. The quantitative estimate of drug-likeness (QED) is 0.462. The van der Waals surface area contributed by atoms with Gasteiger partial charge in [0.15, 0.2) is 0 Å². The Balaban J connectivity index is 1.96. The Labute approximate surface area is 145 Å². The number of aliphatic hydroxyl groups excluding tert-OH is 1. The predicted molar refractivity (Wildman–Crippen MR) is 101 cm³/mol. The molecule has 2 atom stereocenters. The van der Waals surface area contributed by atoms with Gasteiger partial charge in [-0.2, -0.15) is 0 Å². The third-order valence-corrected chi connectivity index (χ3v) is 5.69. The van der Waals surface area contributed by atoms with Crippen molar-refractivity contribution in [2.75, 3.05) is 11.5 Å². The van der Waals surface area contributed by atoms with Gasteiger partial charge in [0.05, 0.1) is 11.9 Å². The molecule has 0 aliphatic heterocycles. The minimum atomic E-state index is -0.913. The summed E-state index contributed by atoms with van der Waals surface area (Å²) in [7, 11) is -0.913. The molecule has 1 aromatic carbocycles. The third kappa shape index (κ3) is 10.7. The molecule has 23 heavy (non-hydrogen) atoms. The molecule has 0 unspecified atom stereocenters. The Morgan fingerprint density at radius 3 is 1.96 bits per heavy atom. The maximum absolute atomic E-state index is 12.0. The van der Waals surface area contributed by atoms with E-state index in [1.165, 1.54) is 57.8 Å². The van der Waals surface area contributed by atoms with Crippen LogP contribution in [0, 0.1) is 0 Å². The van der Waals surface area contributed by atoms with Gasteiger partial charge in [-0.05, 0) is 12.0 Å². The zero-order chi connectivity index (χ0) is 16.8. The minimum absolute atomic E-state index is 0.363. The third-order valence-electron chi connectivity index (χ3n) is 4.25. The van der Waals surface area contributed by atoms with Crippen LogP contribution in [0.2, 0.25) is 0 Å². The van der Waals surface area contributed by atoms with Gasteiger partial charge in [0.2, 0.25) is 0 Å². The van der Waals surface area contributed by atoms with Crippen molar-refractivity contribution in [1.29, 1.82) is 0 Å². The van der Waals surface area contributed by atoms with Crippen LogP contribution in [0.4, 0.5) is 0 Å². The van der Waals surface area contributed by atoms with Gasteiger partial charge in [0.1, 0.15) is 0 Å². The normalized spacial score (nSPS) is 13.8. The van der Waals surface area contributed by atoms with Crippen molar-refractivity contribution < 1.29 is 9.32 Å². The second-order valence-corrected chi connectivity index (χ2v) is 8.04. The minimum Gasteiger partial charge on any atom is -0.387 e. The molecule has 1 aromatic rings. The molecule has 0 bridgehead atoms. The summed E-state index contributed by atoms with van der Waals surface area (Å²) in [5, 5.41) is 10.1. The van der Waals surface area contributed by atoms with Crippen molar-refractivity contribution in [3.05, 3.63) is 35.9 Å². The Hall–Kier alpha value is -0.670. The summed E-state index contributed by atoms with van der Waals surface area (Å²) < 4.78 is 12.0. The topological polar surface area (TPSA) is 37.3 Å². The van der Waals surface area contributed by atoms with Gasteiger partial charge in [0, 0.05) is 16.6 Å². The predicted octanol–water partition coefficient (Wildman–Crippen LogP) is 5.39. The summed E-state index contributed by atoms with van der Waals surface area (Å²) in [5.41, 5.74) is 0.865. The first-order valence-corrected chi connectivity index (χ1v) is 10.8. The Kier molecular flexibility index (Phi) is 12.2. The van der Waals surface area contributed by atoms with Crippen LogP contribution in [-0.4, -0.2) is 20.8 Å². The van der Waals surface area contributed by atoms with Crippen LogP contribution in [-0.2, 0) is 10.8 Å². The Morgan fingerprint density at radius 1 is 0.870 bits per heavy atom. The fourth-order valence-electron chi connectivity index (χ4n) is 2.78. The van der Waals surface area contributed by atoms with Crippen molar-refractivity contribution in [1.82, 2.24) is 0 Å². The highest BCUT2D eigenvalue weighted by molar-refractivity contribution is 7.85. The maximum atomic E-state index is 12.0. The monoisotopic (exact) mass is 338 g/mol. The van der Waals surface area contributed by atoms with Gasteiger partial charge < -0.3 is 5.11 Å². The SMILES string of the molecule is CCCCCCCCCCCC[S@](=O)C[C@@H](O)c1ccccc1. The molecular weight excluding hydrogens is 304 g/mol. The molecule has 0 aliphatic rings. The van der Waals surface area contributed by atoms with Crippen LogP contribution in [0.25, 0.3) is 0 Å². The summed E-state index contributed by atoms with van der Waals surface area (Å²) in [4.78, 5) is 0. The van der Waals surface area contributed by atoms with Gasteiger partial charge in [-0.25, -0.2) is 0 Å². The molecule has 0 amide bonds. The van der Waals surface area contributed by atoms with Crippen molar-refractivity contribution in [2.45, 2.75) is 77.2 Å². The van der Waals surface area contributed by atoms with E-state index in [0.29, 0.717) is 5.75 Å². The Bertz CT molecular complexity index is 405. The fourth-order valence-corrected chi connectivity index (χ4v) is 4.02. The van der Waals surface area contributed by atoms with Crippen LogP contribution in [0.15, 0.2) is 30.3 Å². The van der Waals surface area contributed by atoms with E-state index in [1.807, 2.05) is 30.3 Å². The zero-order valence-electron chi connectivity index (χ0n) is 14.7. The van der Waals surface area contributed by atoms with E-state index in [9.17, 15) is 9.32 Å². The van der Waals surface area contributed by atoms with E-state index in [-0.39, 0.29) is 0 Å². The van der Waals surface area contributed by atoms with Gasteiger partial charge >= 0.3 is 0 Å². The van der Waals surface area contributed by atoms with Crippen molar-refractivity contribution in [3.63, 3.8) is 0 Å². The highest BCUT2D eigenvalue weighted by atomic mass is 32.2. The first-order chi connectivity index (χ1) is 11.2. The number of benzene rings is 1. The largest absolute Gasteiger partial charge is 0.387 e. The highest BCUT2D eigenvalue weighted by Gasteiger charge is 2.11. The summed E-state index contributed by atoms with van der Waals surface area (Å²) in [6.07, 6.45) is 12.3. The standard InChI is InChI=1S/C20H34O2S/c1-2-3-4-5-6-7-8-9-10-14-17-23(22)18-20(21)19-15-12-11-13-16-19/h11-13,15-16,20-21H,2-10,14,17-18H2,1H3/t20-,23+/m1/s1. The van der Waals surface area contributed by atoms with Gasteiger partial charge in [-0.3, -0.25) is 4.21 Å². The molecule has 2 nitrogen and oxygen atoms in total. The molecule has 0 heterocycles. The zero-order valence-corrected chi connectivity index (χ0v) is 15.5. The van der Waals surface area contributed by atoms with Gasteiger partial charge in [0.25, 0.3) is 0 Å². The number of unbranched alkanes of at least 4 members (excludes halogenated alkanes) is 9. The molecule has 1 N–H and O–H groups in total. The van der Waals surface area contributed by atoms with Crippen molar-refractivity contribution >= 4 is 10.8 Å². The molecule has 0 aliphatic carbocycles. The second-order valence-electron chi connectivity index (χ2n) is 6.42. The molecule has 0 spiro atoms. The number of aliphatic hydroxyl groups is 1. The average Bonchev–Trinajstić information content (AvgIpc) is 2.57. The highest BCUT2D eigenvalue weighted by Crippen LogP contribution is 2.14. The average molecular weight is 339 g/mol. The first-order valence-electron chi connectivity index (χ1n) is 9.32. The van der Waals surface area contributed by atoms with E-state index in [2.05, 4.69) is 6.92 Å². The van der Waals surface area contributed by atoms with E-state index in [1.54, 1.807) is 0 Å². The van der Waals surface area contributed by atoms with Crippen LogP contribution in [0.3, 0.4) is 0 Å². The van der Waals surface area contributed by atoms with E-state index in [0.717, 1.165) is 17.7 Å². The number of hydrogen-bond acceptors (Lipinski definition) is 2. The fraction of sp³-hybridized carbons (Fsp3) is 0.700. The molecule has 3 heteroatoms. The van der Waals surface area contributed by atoms with E-state index < -0.39 is 16.9 Å². The maximum Gasteiger partial charge on any atom is 0.0905 e. The van der Waals surface area contributed by atoms with Crippen LogP contribution in [0.1, 0.15) is 82.8 Å². The van der Waals surface area contributed by atoms with Gasteiger partial charge in [-0.1, -0.05) is 95.0 Å². The second kappa shape index (κ2) is 13.7. The van der Waals surface area contributed by atoms with Crippen LogP contribution < -0.4 is 0 Å². The van der Waals surface area contributed by atoms with Crippen LogP contribution >= 0.6 is 0 Å². The summed E-state index contributed by atoms with van der Waals surface area (Å²) in [5.74, 6) is 1.09. The lowest BCUT2D eigenvalue weighted by Crippen LogP contribution is -2.11. The Morgan fingerprint density at radius 2 is 1.39 bits per heavy atom. The molecule has 0 saturated carbocycles. The molecule has 0 radical (unpaired) electrons. The number of hydrogen-bond donors (Lipinski definition) is 1. The molecule has 0 fully saturated rings. The van der Waals surface area contributed by atoms with E-state index in [4.69, 9.17) is 0 Å². The lowest BCUT2D eigenvalue weighted by Gasteiger charge is -2.10. The summed E-state index contributed by atoms with van der Waals surface area (Å²) in [6.45, 7) is 2.25. The van der Waals surface area contributed by atoms with Crippen molar-refractivity contribution in [2.24, 2.45) is 0 Å². The lowest BCUT2D eigenvalue weighted by atomic mass is 10.1. The molecular formula is C20H34O2S. The van der Waals surface area contributed by atoms with Crippen molar-refractivity contribution in [3.8, 4) is 0 Å².